The number of rotatable bonds is 3. The van der Waals surface area contributed by atoms with Crippen molar-refractivity contribution >= 4 is 21.8 Å². The maximum Gasteiger partial charge on any atom is 0.0541 e. The van der Waals surface area contributed by atoms with Gasteiger partial charge in [-0.1, -0.05) is 73.7 Å². The lowest BCUT2D eigenvalue weighted by Gasteiger charge is -2.15. The van der Waals surface area contributed by atoms with E-state index in [2.05, 4.69) is 109 Å². The zero-order valence-corrected chi connectivity index (χ0v) is 16.3. The average molecular weight is 361 g/mol. The molecule has 28 heavy (non-hydrogen) atoms. The molecule has 4 aromatic carbocycles. The Hall–Kier alpha value is -3.32. The summed E-state index contributed by atoms with van der Waals surface area (Å²) in [7, 11) is 0. The largest absolute Gasteiger partial charge is 0.309 e. The van der Waals surface area contributed by atoms with Gasteiger partial charge in [-0.25, -0.2) is 0 Å². The maximum absolute atomic E-state index is 2.39. The molecule has 136 valence electrons. The summed E-state index contributed by atoms with van der Waals surface area (Å²) in [5, 5.41) is 2.60. The molecule has 5 rings (SSSR count). The lowest BCUT2D eigenvalue weighted by Crippen LogP contribution is -1.97. The molecule has 0 saturated heterocycles. The molecule has 0 atom stereocenters. The predicted molar refractivity (Wildman–Crippen MR) is 120 cm³/mol. The number of nitrogens with zero attached hydrogens (tertiary/aromatic N) is 1. The first-order valence-corrected chi connectivity index (χ1v) is 9.95. The summed E-state index contributed by atoms with van der Waals surface area (Å²) in [4.78, 5) is 0. The third-order valence-corrected chi connectivity index (χ3v) is 5.75. The summed E-state index contributed by atoms with van der Waals surface area (Å²) >= 11 is 0. The van der Waals surface area contributed by atoms with Crippen LogP contribution in [0.3, 0.4) is 0 Å². The molecule has 0 saturated carbocycles. The monoisotopic (exact) mass is 361 g/mol. The van der Waals surface area contributed by atoms with E-state index in [1.807, 2.05) is 0 Å². The zero-order valence-electron chi connectivity index (χ0n) is 16.3. The van der Waals surface area contributed by atoms with Crippen molar-refractivity contribution in [3.63, 3.8) is 0 Å². The normalized spacial score (nSPS) is 11.4. The van der Waals surface area contributed by atoms with Crippen LogP contribution in [0.4, 0.5) is 0 Å². The van der Waals surface area contributed by atoms with Crippen LogP contribution in [0, 0.1) is 6.92 Å². The quantitative estimate of drug-likeness (QED) is 0.317. The SMILES string of the molecule is CCc1ccccc1-c1cc(-n2c3ccccc3c3ccccc32)ccc1C. The van der Waals surface area contributed by atoms with E-state index in [0.717, 1.165) is 6.42 Å². The Morgan fingerprint density at radius 1 is 0.643 bits per heavy atom. The van der Waals surface area contributed by atoms with Gasteiger partial charge in [0.05, 0.1) is 11.0 Å². The van der Waals surface area contributed by atoms with Gasteiger partial charge in [-0.3, -0.25) is 0 Å². The first kappa shape index (κ1) is 16.8. The minimum absolute atomic E-state index is 1.04. The Kier molecular flexibility index (Phi) is 4.02. The summed E-state index contributed by atoms with van der Waals surface area (Å²) in [6.45, 7) is 4.43. The Labute approximate surface area is 165 Å². The Morgan fingerprint density at radius 2 is 1.25 bits per heavy atom. The Bertz CT molecular complexity index is 1250. The van der Waals surface area contributed by atoms with Crippen molar-refractivity contribution < 1.29 is 0 Å². The van der Waals surface area contributed by atoms with E-state index in [1.54, 1.807) is 0 Å². The van der Waals surface area contributed by atoms with Crippen LogP contribution in [-0.4, -0.2) is 4.57 Å². The fourth-order valence-electron chi connectivity index (χ4n) is 4.33. The highest BCUT2D eigenvalue weighted by Crippen LogP contribution is 2.34. The summed E-state index contributed by atoms with van der Waals surface area (Å²) in [5.41, 5.74) is 9.07. The van der Waals surface area contributed by atoms with Crippen molar-refractivity contribution in [1.82, 2.24) is 4.57 Å². The van der Waals surface area contributed by atoms with Crippen LogP contribution in [-0.2, 0) is 6.42 Å². The molecule has 0 spiro atoms. The van der Waals surface area contributed by atoms with Crippen LogP contribution in [0.2, 0.25) is 0 Å². The number of benzene rings is 4. The molecule has 0 aliphatic rings. The third kappa shape index (κ3) is 2.55. The smallest absolute Gasteiger partial charge is 0.0541 e. The first-order valence-electron chi connectivity index (χ1n) is 9.95. The first-order chi connectivity index (χ1) is 13.8. The number of aromatic nitrogens is 1. The molecular weight excluding hydrogens is 338 g/mol. The second-order valence-electron chi connectivity index (χ2n) is 7.38. The van der Waals surface area contributed by atoms with Gasteiger partial charge in [-0.05, 0) is 59.9 Å². The van der Waals surface area contributed by atoms with Crippen molar-refractivity contribution in [2.75, 3.05) is 0 Å². The van der Waals surface area contributed by atoms with Crippen LogP contribution in [0.1, 0.15) is 18.1 Å². The highest BCUT2D eigenvalue weighted by molar-refractivity contribution is 6.09. The molecule has 1 aromatic heterocycles. The van der Waals surface area contributed by atoms with Crippen molar-refractivity contribution in [3.8, 4) is 16.8 Å². The van der Waals surface area contributed by atoms with Crippen LogP contribution in [0.15, 0.2) is 91.0 Å². The molecule has 0 aliphatic carbocycles. The minimum Gasteiger partial charge on any atom is -0.309 e. The van der Waals surface area contributed by atoms with Crippen LogP contribution >= 0.6 is 0 Å². The zero-order chi connectivity index (χ0) is 19.1. The van der Waals surface area contributed by atoms with Gasteiger partial charge < -0.3 is 4.57 Å². The van der Waals surface area contributed by atoms with E-state index in [4.69, 9.17) is 0 Å². The third-order valence-electron chi connectivity index (χ3n) is 5.75. The molecule has 0 radical (unpaired) electrons. The van der Waals surface area contributed by atoms with Crippen molar-refractivity contribution in [2.45, 2.75) is 20.3 Å². The second kappa shape index (κ2) is 6.69. The van der Waals surface area contributed by atoms with E-state index < -0.39 is 0 Å². The van der Waals surface area contributed by atoms with Gasteiger partial charge in [0.15, 0.2) is 0 Å². The van der Waals surface area contributed by atoms with Gasteiger partial charge in [0.25, 0.3) is 0 Å². The highest BCUT2D eigenvalue weighted by Gasteiger charge is 2.13. The van der Waals surface area contributed by atoms with Gasteiger partial charge in [-0.2, -0.15) is 0 Å². The molecule has 0 fully saturated rings. The fraction of sp³-hybridized carbons (Fsp3) is 0.111. The van der Waals surface area contributed by atoms with Gasteiger partial charge in [-0.15, -0.1) is 0 Å². The number of fused-ring (bicyclic) bond motifs is 3. The average Bonchev–Trinajstić information content (AvgIpc) is 3.09. The molecular formula is C27H23N. The topological polar surface area (TPSA) is 4.93 Å². The summed E-state index contributed by atoms with van der Waals surface area (Å²) in [5.74, 6) is 0. The van der Waals surface area contributed by atoms with E-state index in [-0.39, 0.29) is 0 Å². The molecule has 1 heteroatoms. The van der Waals surface area contributed by atoms with Gasteiger partial charge >= 0.3 is 0 Å². The number of aryl methyl sites for hydroxylation is 2. The van der Waals surface area contributed by atoms with Crippen LogP contribution in [0.5, 0.6) is 0 Å². The summed E-state index contributed by atoms with van der Waals surface area (Å²) < 4.78 is 2.39. The Balaban J connectivity index is 1.82. The summed E-state index contributed by atoms with van der Waals surface area (Å²) in [6.07, 6.45) is 1.04. The number of para-hydroxylation sites is 2. The standard InChI is InChI=1S/C27H23N/c1-3-20-10-4-5-11-22(20)25-18-21(17-16-19(25)2)28-26-14-8-6-12-23(26)24-13-7-9-15-27(24)28/h4-18H,3H2,1-2H3. The van der Waals surface area contributed by atoms with Crippen molar-refractivity contribution in [2.24, 2.45) is 0 Å². The van der Waals surface area contributed by atoms with E-state index in [1.165, 1.54) is 49.7 Å². The lowest BCUT2D eigenvalue weighted by molar-refractivity contribution is 1.14. The lowest BCUT2D eigenvalue weighted by atomic mass is 9.94. The molecule has 0 aliphatic heterocycles. The molecule has 0 unspecified atom stereocenters. The highest BCUT2D eigenvalue weighted by atomic mass is 15.0. The predicted octanol–water partition coefficient (Wildman–Crippen LogP) is 7.32. The number of hydrogen-bond donors (Lipinski definition) is 0. The summed E-state index contributed by atoms with van der Waals surface area (Å²) in [6, 6.07) is 33.0. The van der Waals surface area contributed by atoms with Gasteiger partial charge in [0.1, 0.15) is 0 Å². The van der Waals surface area contributed by atoms with Gasteiger partial charge in [0.2, 0.25) is 0 Å². The minimum atomic E-state index is 1.04. The fourth-order valence-corrected chi connectivity index (χ4v) is 4.33. The molecule has 1 heterocycles. The second-order valence-corrected chi connectivity index (χ2v) is 7.38. The van der Waals surface area contributed by atoms with Crippen molar-refractivity contribution in [3.05, 3.63) is 102 Å². The van der Waals surface area contributed by atoms with Crippen LogP contribution < -0.4 is 0 Å². The van der Waals surface area contributed by atoms with E-state index in [0.29, 0.717) is 0 Å². The molecule has 1 nitrogen and oxygen atoms in total. The Morgan fingerprint density at radius 3 is 1.93 bits per heavy atom. The van der Waals surface area contributed by atoms with E-state index in [9.17, 15) is 0 Å². The number of hydrogen-bond acceptors (Lipinski definition) is 0. The molecule has 0 amide bonds. The van der Waals surface area contributed by atoms with E-state index >= 15 is 0 Å². The molecule has 0 bridgehead atoms. The molecule has 5 aromatic rings. The van der Waals surface area contributed by atoms with Gasteiger partial charge in [0, 0.05) is 16.5 Å². The van der Waals surface area contributed by atoms with Crippen molar-refractivity contribution in [1.29, 1.82) is 0 Å². The van der Waals surface area contributed by atoms with Crippen LogP contribution in [0.25, 0.3) is 38.6 Å². The molecule has 0 N–H and O–H groups in total. The maximum atomic E-state index is 2.39.